The SMILES string of the molecule is Cc1n[nH]c(C)c1CC(=O)NC(CO)(CO)CO. The van der Waals surface area contributed by atoms with Crippen molar-refractivity contribution in [1.82, 2.24) is 15.5 Å². The van der Waals surface area contributed by atoms with E-state index in [0.717, 1.165) is 17.0 Å². The van der Waals surface area contributed by atoms with E-state index in [1.807, 2.05) is 0 Å². The fourth-order valence-corrected chi connectivity index (χ4v) is 1.60. The second kappa shape index (κ2) is 5.94. The van der Waals surface area contributed by atoms with E-state index in [4.69, 9.17) is 15.3 Å². The maximum absolute atomic E-state index is 11.8. The number of hydrogen-bond acceptors (Lipinski definition) is 5. The molecule has 5 N–H and O–H groups in total. The van der Waals surface area contributed by atoms with Gasteiger partial charge in [-0.25, -0.2) is 0 Å². The first-order valence-electron chi connectivity index (χ1n) is 5.62. The monoisotopic (exact) mass is 257 g/mol. The van der Waals surface area contributed by atoms with Crippen LogP contribution in [0.4, 0.5) is 0 Å². The third-order valence-electron chi connectivity index (χ3n) is 2.93. The molecule has 0 aliphatic carbocycles. The number of aromatic amines is 1. The van der Waals surface area contributed by atoms with Crippen LogP contribution in [0.5, 0.6) is 0 Å². The molecule has 1 aromatic rings. The summed E-state index contributed by atoms with van der Waals surface area (Å²) < 4.78 is 0. The Hall–Kier alpha value is -1.44. The maximum Gasteiger partial charge on any atom is 0.225 e. The summed E-state index contributed by atoms with van der Waals surface area (Å²) in [6.45, 7) is 1.99. The van der Waals surface area contributed by atoms with Crippen molar-refractivity contribution in [2.24, 2.45) is 0 Å². The third kappa shape index (κ3) is 3.06. The van der Waals surface area contributed by atoms with Crippen LogP contribution < -0.4 is 5.32 Å². The van der Waals surface area contributed by atoms with E-state index in [-0.39, 0.29) is 12.3 Å². The molecule has 0 aliphatic heterocycles. The summed E-state index contributed by atoms with van der Waals surface area (Å²) in [6.07, 6.45) is 0.0793. The molecule has 0 saturated heterocycles. The molecule has 1 aromatic heterocycles. The molecule has 18 heavy (non-hydrogen) atoms. The Morgan fingerprint density at radius 2 is 1.83 bits per heavy atom. The van der Waals surface area contributed by atoms with E-state index in [0.29, 0.717) is 0 Å². The van der Waals surface area contributed by atoms with Crippen LogP contribution in [0, 0.1) is 13.8 Å². The van der Waals surface area contributed by atoms with Crippen molar-refractivity contribution in [1.29, 1.82) is 0 Å². The van der Waals surface area contributed by atoms with Crippen LogP contribution >= 0.6 is 0 Å². The van der Waals surface area contributed by atoms with Gasteiger partial charge in [0, 0.05) is 11.3 Å². The highest BCUT2D eigenvalue weighted by Gasteiger charge is 2.30. The number of aromatic nitrogens is 2. The summed E-state index contributed by atoms with van der Waals surface area (Å²) in [5.74, 6) is -0.389. The predicted octanol–water partition coefficient (Wildman–Crippen LogP) is -1.60. The van der Waals surface area contributed by atoms with Crippen LogP contribution in [0.1, 0.15) is 17.0 Å². The lowest BCUT2D eigenvalue weighted by atomic mass is 10.0. The summed E-state index contributed by atoms with van der Waals surface area (Å²) in [5.41, 5.74) is 0.911. The number of carbonyl (C=O) groups is 1. The van der Waals surface area contributed by atoms with Gasteiger partial charge in [-0.3, -0.25) is 9.89 Å². The smallest absolute Gasteiger partial charge is 0.225 e. The number of nitrogens with zero attached hydrogens (tertiary/aromatic N) is 1. The Labute approximate surface area is 105 Å². The van der Waals surface area contributed by atoms with Crippen LogP contribution in [-0.4, -0.2) is 56.8 Å². The second-order valence-corrected chi connectivity index (χ2v) is 4.39. The molecular weight excluding hydrogens is 238 g/mol. The van der Waals surface area contributed by atoms with Gasteiger partial charge in [0.1, 0.15) is 5.54 Å². The largest absolute Gasteiger partial charge is 0.394 e. The van der Waals surface area contributed by atoms with Crippen molar-refractivity contribution in [3.63, 3.8) is 0 Å². The molecule has 1 heterocycles. The molecule has 0 radical (unpaired) electrons. The van der Waals surface area contributed by atoms with E-state index < -0.39 is 25.4 Å². The highest BCUT2D eigenvalue weighted by Crippen LogP contribution is 2.11. The van der Waals surface area contributed by atoms with Crippen molar-refractivity contribution in [2.75, 3.05) is 19.8 Å². The van der Waals surface area contributed by atoms with Gasteiger partial charge in [0.25, 0.3) is 0 Å². The van der Waals surface area contributed by atoms with Crippen molar-refractivity contribution in [3.8, 4) is 0 Å². The second-order valence-electron chi connectivity index (χ2n) is 4.39. The fraction of sp³-hybridized carbons (Fsp3) is 0.636. The number of hydrogen-bond donors (Lipinski definition) is 5. The number of aryl methyl sites for hydroxylation is 2. The Morgan fingerprint density at radius 1 is 1.28 bits per heavy atom. The number of aliphatic hydroxyl groups is 3. The molecule has 0 aliphatic rings. The molecular formula is C11H19N3O4. The summed E-state index contributed by atoms with van der Waals surface area (Å²) in [7, 11) is 0. The van der Waals surface area contributed by atoms with Crippen molar-refractivity contribution in [2.45, 2.75) is 25.8 Å². The minimum atomic E-state index is -1.39. The van der Waals surface area contributed by atoms with Gasteiger partial charge in [-0.05, 0) is 13.8 Å². The maximum atomic E-state index is 11.8. The van der Waals surface area contributed by atoms with Crippen molar-refractivity contribution >= 4 is 5.91 Å². The van der Waals surface area contributed by atoms with Gasteiger partial charge in [0.2, 0.25) is 5.91 Å². The quantitative estimate of drug-likeness (QED) is 0.420. The summed E-state index contributed by atoms with van der Waals surface area (Å²) >= 11 is 0. The first-order chi connectivity index (χ1) is 8.48. The standard InChI is InChI=1S/C11H19N3O4/c1-7-9(8(2)14-13-7)3-10(18)12-11(4-15,5-16)6-17/h15-17H,3-6H2,1-2H3,(H,12,18)(H,13,14). The third-order valence-corrected chi connectivity index (χ3v) is 2.93. The molecule has 0 unspecified atom stereocenters. The summed E-state index contributed by atoms with van der Waals surface area (Å²) in [4.78, 5) is 11.8. The number of H-pyrrole nitrogens is 1. The molecule has 0 bridgehead atoms. The molecule has 1 amide bonds. The number of carbonyl (C=O) groups excluding carboxylic acids is 1. The van der Waals surface area contributed by atoms with Crippen LogP contribution in [0.25, 0.3) is 0 Å². The Kier molecular flexibility index (Phi) is 4.83. The van der Waals surface area contributed by atoms with E-state index >= 15 is 0 Å². The zero-order valence-corrected chi connectivity index (χ0v) is 10.5. The van der Waals surface area contributed by atoms with Crippen LogP contribution in [0.15, 0.2) is 0 Å². The summed E-state index contributed by atoms with van der Waals surface area (Å²) in [5, 5.41) is 36.5. The molecule has 7 nitrogen and oxygen atoms in total. The lowest BCUT2D eigenvalue weighted by molar-refractivity contribution is -0.124. The number of rotatable bonds is 6. The molecule has 1 rings (SSSR count). The Balaban J connectivity index is 2.72. The molecule has 0 atom stereocenters. The minimum absolute atomic E-state index is 0.0793. The summed E-state index contributed by atoms with van der Waals surface area (Å²) in [6, 6.07) is 0. The highest BCUT2D eigenvalue weighted by molar-refractivity contribution is 5.80. The van der Waals surface area contributed by atoms with Gasteiger partial charge >= 0.3 is 0 Å². The molecule has 0 spiro atoms. The van der Waals surface area contributed by atoms with E-state index in [2.05, 4.69) is 15.5 Å². The van der Waals surface area contributed by atoms with Crippen LogP contribution in [-0.2, 0) is 11.2 Å². The minimum Gasteiger partial charge on any atom is -0.394 e. The zero-order valence-electron chi connectivity index (χ0n) is 10.5. The zero-order chi connectivity index (χ0) is 13.8. The lowest BCUT2D eigenvalue weighted by Crippen LogP contribution is -2.57. The first kappa shape index (κ1) is 14.6. The fourth-order valence-electron chi connectivity index (χ4n) is 1.60. The van der Waals surface area contributed by atoms with Crippen molar-refractivity contribution < 1.29 is 20.1 Å². The van der Waals surface area contributed by atoms with Gasteiger partial charge in [0.15, 0.2) is 0 Å². The number of amides is 1. The normalized spacial score (nSPS) is 11.6. The van der Waals surface area contributed by atoms with Crippen LogP contribution in [0.3, 0.4) is 0 Å². The Bertz CT molecular complexity index is 385. The molecule has 0 saturated carbocycles. The van der Waals surface area contributed by atoms with Gasteiger partial charge < -0.3 is 20.6 Å². The van der Waals surface area contributed by atoms with Crippen LogP contribution in [0.2, 0.25) is 0 Å². The van der Waals surface area contributed by atoms with Gasteiger partial charge in [-0.15, -0.1) is 0 Å². The van der Waals surface area contributed by atoms with E-state index in [1.165, 1.54) is 0 Å². The molecule has 0 aromatic carbocycles. The molecule has 102 valence electrons. The van der Waals surface area contributed by atoms with Gasteiger partial charge in [-0.1, -0.05) is 0 Å². The van der Waals surface area contributed by atoms with E-state index in [9.17, 15) is 4.79 Å². The molecule has 0 fully saturated rings. The Morgan fingerprint density at radius 3 is 2.22 bits per heavy atom. The average molecular weight is 257 g/mol. The topological polar surface area (TPSA) is 118 Å². The van der Waals surface area contributed by atoms with Crippen molar-refractivity contribution in [3.05, 3.63) is 17.0 Å². The average Bonchev–Trinajstić information content (AvgIpc) is 2.68. The predicted molar refractivity (Wildman–Crippen MR) is 63.9 cm³/mol. The van der Waals surface area contributed by atoms with E-state index in [1.54, 1.807) is 13.8 Å². The number of aliphatic hydroxyl groups excluding tert-OH is 3. The lowest BCUT2D eigenvalue weighted by Gasteiger charge is -2.28. The highest BCUT2D eigenvalue weighted by atomic mass is 16.3. The van der Waals surface area contributed by atoms with Gasteiger partial charge in [0.05, 0.1) is 31.9 Å². The van der Waals surface area contributed by atoms with Gasteiger partial charge in [-0.2, -0.15) is 5.10 Å². The molecule has 7 heteroatoms. The first-order valence-corrected chi connectivity index (χ1v) is 5.62. The number of nitrogens with one attached hydrogen (secondary N) is 2.